The van der Waals surface area contributed by atoms with Crippen molar-refractivity contribution in [3.05, 3.63) is 48.0 Å². The summed E-state index contributed by atoms with van der Waals surface area (Å²) in [4.78, 5) is 0. The Morgan fingerprint density at radius 3 is 1.73 bits per heavy atom. The van der Waals surface area contributed by atoms with Crippen LogP contribution in [0.4, 0.5) is 0 Å². The van der Waals surface area contributed by atoms with Crippen LogP contribution in [-0.4, -0.2) is 59.1 Å². The molecule has 0 aromatic heterocycles. The number of rotatable bonds is 11. The Bertz CT molecular complexity index is 971. The van der Waals surface area contributed by atoms with Crippen molar-refractivity contribution in [3.63, 3.8) is 0 Å². The maximum atomic E-state index is 10.0. The molecule has 0 spiro atoms. The van der Waals surface area contributed by atoms with Crippen LogP contribution >= 0.6 is 0 Å². The van der Waals surface area contributed by atoms with E-state index in [4.69, 9.17) is 19.7 Å². The van der Waals surface area contributed by atoms with Crippen molar-refractivity contribution in [3.8, 4) is 11.5 Å². The smallest absolute Gasteiger partial charge is 0.135 e. The van der Waals surface area contributed by atoms with Crippen molar-refractivity contribution in [2.24, 2.45) is 0 Å². The highest BCUT2D eigenvalue weighted by Gasteiger charge is 2.18. The molecule has 0 bridgehead atoms. The second kappa shape index (κ2) is 10.6. The molecule has 6 nitrogen and oxygen atoms in total. The van der Waals surface area contributed by atoms with E-state index < -0.39 is 12.2 Å². The van der Waals surface area contributed by atoms with E-state index in [2.05, 4.69) is 13.0 Å². The van der Waals surface area contributed by atoms with Crippen molar-refractivity contribution in [2.45, 2.75) is 38.4 Å². The number of hydrogen-bond acceptors (Lipinski definition) is 6. The number of aliphatic hydroxyl groups excluding tert-OH is 4. The summed E-state index contributed by atoms with van der Waals surface area (Å²) in [6.07, 6.45) is -0.161. The fraction of sp³-hybridized carbons (Fsp3) is 0.417. The van der Waals surface area contributed by atoms with Gasteiger partial charge in [-0.2, -0.15) is 0 Å². The molecule has 2 unspecified atom stereocenters. The van der Waals surface area contributed by atoms with Crippen LogP contribution in [-0.2, 0) is 6.42 Å². The molecule has 2 atom stereocenters. The lowest BCUT2D eigenvalue weighted by atomic mass is 9.98. The van der Waals surface area contributed by atoms with Gasteiger partial charge in [0.25, 0.3) is 0 Å². The lowest BCUT2D eigenvalue weighted by molar-refractivity contribution is 0.0823. The van der Waals surface area contributed by atoms with Gasteiger partial charge in [-0.1, -0.05) is 43.3 Å². The number of aryl methyl sites for hydroxylation is 1. The Morgan fingerprint density at radius 1 is 0.733 bits per heavy atom. The summed E-state index contributed by atoms with van der Waals surface area (Å²) in [5, 5.41) is 41.6. The van der Waals surface area contributed by atoms with Crippen molar-refractivity contribution < 1.29 is 29.9 Å². The molecule has 0 saturated carbocycles. The van der Waals surface area contributed by atoms with Gasteiger partial charge in [0.1, 0.15) is 24.7 Å². The summed E-state index contributed by atoms with van der Waals surface area (Å²) in [7, 11) is 0. The van der Waals surface area contributed by atoms with Crippen LogP contribution < -0.4 is 9.47 Å². The quantitative estimate of drug-likeness (QED) is 0.360. The first-order valence-electron chi connectivity index (χ1n) is 10.4. The van der Waals surface area contributed by atoms with Crippen LogP contribution in [0.5, 0.6) is 11.5 Å². The maximum Gasteiger partial charge on any atom is 0.135 e. The molecule has 6 heteroatoms. The normalized spacial score (nSPS) is 13.5. The first kappa shape index (κ1) is 22.3. The Labute approximate surface area is 176 Å². The largest absolute Gasteiger partial charge is 0.490 e. The maximum absolute atomic E-state index is 10.0. The fourth-order valence-corrected chi connectivity index (χ4v) is 3.50. The van der Waals surface area contributed by atoms with Crippen molar-refractivity contribution in [2.75, 3.05) is 26.4 Å². The van der Waals surface area contributed by atoms with Gasteiger partial charge in [-0.3, -0.25) is 0 Å². The average molecular weight is 414 g/mol. The molecule has 0 saturated heterocycles. The van der Waals surface area contributed by atoms with Gasteiger partial charge in [0.15, 0.2) is 0 Å². The molecule has 0 fully saturated rings. The SMILES string of the molecule is CCc1ccc2c(OCC(O)CCO)c3ccccc3c(OCC(O)CCO)c2c1. The Morgan fingerprint density at radius 2 is 1.23 bits per heavy atom. The number of ether oxygens (including phenoxy) is 2. The molecule has 0 amide bonds. The summed E-state index contributed by atoms with van der Waals surface area (Å²) in [5.41, 5.74) is 1.14. The first-order chi connectivity index (χ1) is 14.6. The van der Waals surface area contributed by atoms with Crippen LogP contribution in [0.3, 0.4) is 0 Å². The molecule has 30 heavy (non-hydrogen) atoms. The summed E-state index contributed by atoms with van der Waals surface area (Å²) in [6, 6.07) is 13.8. The summed E-state index contributed by atoms with van der Waals surface area (Å²) in [5.74, 6) is 1.32. The highest BCUT2D eigenvalue weighted by molar-refractivity contribution is 6.11. The van der Waals surface area contributed by atoms with E-state index in [1.54, 1.807) is 0 Å². The molecule has 0 aliphatic rings. The molecule has 0 aliphatic carbocycles. The van der Waals surface area contributed by atoms with E-state index in [9.17, 15) is 10.2 Å². The zero-order valence-electron chi connectivity index (χ0n) is 17.3. The molecule has 0 radical (unpaired) electrons. The van der Waals surface area contributed by atoms with Crippen molar-refractivity contribution >= 4 is 21.5 Å². The number of fused-ring (bicyclic) bond motifs is 2. The minimum atomic E-state index is -0.761. The predicted molar refractivity (Wildman–Crippen MR) is 117 cm³/mol. The van der Waals surface area contributed by atoms with E-state index >= 15 is 0 Å². The molecule has 4 N–H and O–H groups in total. The van der Waals surface area contributed by atoms with Crippen LogP contribution in [0.15, 0.2) is 42.5 Å². The Balaban J connectivity index is 2.12. The minimum Gasteiger partial charge on any atom is -0.490 e. The average Bonchev–Trinajstić information content (AvgIpc) is 2.76. The molecule has 0 aliphatic heterocycles. The Kier molecular flexibility index (Phi) is 7.87. The van der Waals surface area contributed by atoms with Gasteiger partial charge in [-0.25, -0.2) is 0 Å². The van der Waals surface area contributed by atoms with E-state index in [0.717, 1.165) is 33.5 Å². The molecular formula is C24H30O6. The summed E-state index contributed by atoms with van der Waals surface area (Å²) >= 11 is 0. The van der Waals surface area contributed by atoms with Crippen molar-refractivity contribution in [1.82, 2.24) is 0 Å². The van der Waals surface area contributed by atoms with Gasteiger partial charge in [0.05, 0.1) is 12.2 Å². The van der Waals surface area contributed by atoms with E-state index in [1.165, 1.54) is 0 Å². The third kappa shape index (κ3) is 5.02. The number of benzene rings is 3. The highest BCUT2D eigenvalue weighted by Crippen LogP contribution is 2.43. The zero-order valence-corrected chi connectivity index (χ0v) is 17.3. The number of aliphatic hydroxyl groups is 4. The minimum absolute atomic E-state index is 0.0740. The van der Waals surface area contributed by atoms with Gasteiger partial charge >= 0.3 is 0 Å². The number of hydrogen-bond donors (Lipinski definition) is 4. The molecule has 3 rings (SSSR count). The zero-order chi connectivity index (χ0) is 21.5. The third-order valence-corrected chi connectivity index (χ3v) is 5.16. The topological polar surface area (TPSA) is 99.4 Å². The van der Waals surface area contributed by atoms with E-state index in [1.807, 2.05) is 36.4 Å². The highest BCUT2D eigenvalue weighted by atomic mass is 16.5. The monoisotopic (exact) mass is 414 g/mol. The summed E-state index contributed by atoms with van der Waals surface area (Å²) in [6.45, 7) is 2.02. The lowest BCUT2D eigenvalue weighted by Gasteiger charge is -2.20. The van der Waals surface area contributed by atoms with Gasteiger partial charge in [-0.15, -0.1) is 0 Å². The molecule has 3 aromatic carbocycles. The Hall–Kier alpha value is -2.38. The van der Waals surface area contributed by atoms with Crippen molar-refractivity contribution in [1.29, 1.82) is 0 Å². The summed E-state index contributed by atoms with van der Waals surface area (Å²) < 4.78 is 12.1. The molecule has 162 valence electrons. The second-order valence-electron chi connectivity index (χ2n) is 7.39. The van der Waals surface area contributed by atoms with Crippen LogP contribution in [0.25, 0.3) is 21.5 Å². The third-order valence-electron chi connectivity index (χ3n) is 5.16. The van der Waals surface area contributed by atoms with Gasteiger partial charge in [0.2, 0.25) is 0 Å². The lowest BCUT2D eigenvalue weighted by Crippen LogP contribution is -2.20. The van der Waals surface area contributed by atoms with Gasteiger partial charge in [0, 0.05) is 34.8 Å². The molecule has 0 heterocycles. The van der Waals surface area contributed by atoms with E-state index in [-0.39, 0.29) is 39.3 Å². The van der Waals surface area contributed by atoms with Gasteiger partial charge in [-0.05, 0) is 30.9 Å². The van der Waals surface area contributed by atoms with Gasteiger partial charge < -0.3 is 29.9 Å². The second-order valence-corrected chi connectivity index (χ2v) is 7.39. The first-order valence-corrected chi connectivity index (χ1v) is 10.4. The van der Waals surface area contributed by atoms with Crippen LogP contribution in [0, 0.1) is 0 Å². The standard InChI is InChI=1S/C24H30O6/c1-2-16-7-8-21-22(13-16)24(30-15-18(28)10-12-26)20-6-4-3-5-19(20)23(21)29-14-17(27)9-11-25/h3-8,13,17-18,25-28H,2,9-12,14-15H2,1H3. The fourth-order valence-electron chi connectivity index (χ4n) is 3.50. The van der Waals surface area contributed by atoms with Crippen LogP contribution in [0.1, 0.15) is 25.3 Å². The van der Waals surface area contributed by atoms with Crippen LogP contribution in [0.2, 0.25) is 0 Å². The van der Waals surface area contributed by atoms with E-state index in [0.29, 0.717) is 11.5 Å². The molecule has 3 aromatic rings. The predicted octanol–water partition coefficient (Wildman–Crippen LogP) is 2.80. The molecular weight excluding hydrogens is 384 g/mol.